The van der Waals surface area contributed by atoms with Gasteiger partial charge in [0.05, 0.1) is 25.8 Å². The third kappa shape index (κ3) is 10.2. The van der Waals surface area contributed by atoms with Crippen LogP contribution in [0.25, 0.3) is 0 Å². The molecule has 0 bridgehead atoms. The lowest BCUT2D eigenvalue weighted by molar-refractivity contribution is -0.122. The summed E-state index contributed by atoms with van der Waals surface area (Å²) in [6.45, 7) is 15.0. The van der Waals surface area contributed by atoms with Gasteiger partial charge in [-0.15, -0.1) is 24.0 Å². The second-order valence-corrected chi connectivity index (χ2v) is 7.89. The normalized spacial score (nSPS) is 17.1. The Hall–Kier alpha value is -0.650. The maximum atomic E-state index is 11.9. The minimum absolute atomic E-state index is 0. The fraction of sp³-hybridized carbons (Fsp3) is 0.895. The molecule has 1 atom stereocenters. The summed E-state index contributed by atoms with van der Waals surface area (Å²) >= 11 is 0. The Morgan fingerprint density at radius 1 is 1.14 bits per heavy atom. The topological polar surface area (TPSA) is 78.4 Å². The third-order valence-electron chi connectivity index (χ3n) is 4.66. The monoisotopic (exact) mass is 513 g/mol. The number of hydrogen-bond acceptors (Lipinski definition) is 5. The highest BCUT2D eigenvalue weighted by Gasteiger charge is 2.25. The van der Waals surface area contributed by atoms with Crippen molar-refractivity contribution < 1.29 is 14.3 Å². The van der Waals surface area contributed by atoms with Crippen molar-refractivity contribution >= 4 is 35.8 Å². The molecule has 0 aliphatic carbocycles. The van der Waals surface area contributed by atoms with Crippen molar-refractivity contribution in [2.24, 2.45) is 10.4 Å². The molecule has 0 saturated carbocycles. The molecule has 1 aliphatic rings. The molecule has 1 rings (SSSR count). The number of piperazine rings is 1. The summed E-state index contributed by atoms with van der Waals surface area (Å²) in [5.74, 6) is 0.974. The molecule has 0 spiro atoms. The van der Waals surface area contributed by atoms with Gasteiger partial charge in [-0.3, -0.25) is 14.7 Å². The van der Waals surface area contributed by atoms with Gasteiger partial charge < -0.3 is 25.0 Å². The molecule has 9 heteroatoms. The average Bonchev–Trinajstić information content (AvgIpc) is 2.61. The van der Waals surface area contributed by atoms with Crippen molar-refractivity contribution in [1.82, 2.24) is 20.4 Å². The molecule has 1 amide bonds. The highest BCUT2D eigenvalue weighted by atomic mass is 127. The Morgan fingerprint density at radius 2 is 1.79 bits per heavy atom. The molecule has 1 saturated heterocycles. The molecule has 1 fully saturated rings. The van der Waals surface area contributed by atoms with Crippen LogP contribution < -0.4 is 10.6 Å². The lowest BCUT2D eigenvalue weighted by Crippen LogP contribution is -2.54. The van der Waals surface area contributed by atoms with E-state index in [1.165, 1.54) is 0 Å². The zero-order valence-corrected chi connectivity index (χ0v) is 20.7. The van der Waals surface area contributed by atoms with E-state index in [2.05, 4.69) is 48.1 Å². The minimum Gasteiger partial charge on any atom is -0.383 e. The van der Waals surface area contributed by atoms with E-state index < -0.39 is 0 Å². The number of carbonyl (C=O) groups excluding carboxylic acids is 1. The van der Waals surface area contributed by atoms with E-state index in [0.717, 1.165) is 38.7 Å². The molecule has 2 N–H and O–H groups in total. The summed E-state index contributed by atoms with van der Waals surface area (Å²) in [7, 11) is 3.38. The molecule has 166 valence electrons. The van der Waals surface area contributed by atoms with Gasteiger partial charge in [-0.25, -0.2) is 0 Å². The first-order chi connectivity index (χ1) is 12.8. The van der Waals surface area contributed by atoms with Crippen LogP contribution in [0, 0.1) is 5.41 Å². The summed E-state index contributed by atoms with van der Waals surface area (Å²) in [4.78, 5) is 21.2. The zero-order chi connectivity index (χ0) is 20.3. The van der Waals surface area contributed by atoms with E-state index in [9.17, 15) is 4.79 Å². The first-order valence-corrected chi connectivity index (χ1v) is 9.85. The lowest BCUT2D eigenvalue weighted by Gasteiger charge is -2.36. The van der Waals surface area contributed by atoms with E-state index in [1.807, 2.05) is 0 Å². The standard InChI is InChI=1S/C19H39N5O3.HI/c1-7-20-18(22-14-16(27-6)19(2,3)4)24-11-9-23(10-12-24)15-17(25)21-8-13-26-5;/h16H,7-15H2,1-6H3,(H,20,22)(H,21,25);1H. The lowest BCUT2D eigenvalue weighted by atomic mass is 9.89. The Labute approximate surface area is 187 Å². The number of ether oxygens (including phenoxy) is 2. The highest BCUT2D eigenvalue weighted by molar-refractivity contribution is 14.0. The van der Waals surface area contributed by atoms with E-state index in [1.54, 1.807) is 14.2 Å². The van der Waals surface area contributed by atoms with Crippen molar-refractivity contribution in [3.63, 3.8) is 0 Å². The molecule has 8 nitrogen and oxygen atoms in total. The summed E-state index contributed by atoms with van der Waals surface area (Å²) < 4.78 is 10.6. The molecular formula is C19H40IN5O3. The Balaban J connectivity index is 0.00000729. The smallest absolute Gasteiger partial charge is 0.234 e. The number of rotatable bonds is 9. The number of carbonyl (C=O) groups is 1. The summed E-state index contributed by atoms with van der Waals surface area (Å²) in [6, 6.07) is 0. The van der Waals surface area contributed by atoms with Gasteiger partial charge in [0, 0.05) is 53.5 Å². The van der Waals surface area contributed by atoms with Crippen LogP contribution in [0.15, 0.2) is 4.99 Å². The molecule has 28 heavy (non-hydrogen) atoms. The van der Waals surface area contributed by atoms with Gasteiger partial charge in [-0.05, 0) is 12.3 Å². The molecule has 0 aromatic heterocycles. The first kappa shape index (κ1) is 27.4. The quantitative estimate of drug-likeness (QED) is 0.208. The maximum Gasteiger partial charge on any atom is 0.234 e. The predicted molar refractivity (Wildman–Crippen MR) is 125 cm³/mol. The SMILES string of the molecule is CCNC(=NCC(OC)C(C)(C)C)N1CCN(CC(=O)NCCOC)CC1.I. The van der Waals surface area contributed by atoms with Crippen molar-refractivity contribution in [2.75, 3.05) is 73.2 Å². The van der Waals surface area contributed by atoms with E-state index >= 15 is 0 Å². The fourth-order valence-electron chi connectivity index (χ4n) is 2.97. The summed E-state index contributed by atoms with van der Waals surface area (Å²) in [5.41, 5.74) is 0.0461. The number of amides is 1. The molecule has 1 heterocycles. The molecule has 0 aromatic rings. The molecule has 0 aromatic carbocycles. The largest absolute Gasteiger partial charge is 0.383 e. The van der Waals surface area contributed by atoms with Gasteiger partial charge in [-0.1, -0.05) is 20.8 Å². The average molecular weight is 513 g/mol. The minimum atomic E-state index is 0. The van der Waals surface area contributed by atoms with Gasteiger partial charge in [0.2, 0.25) is 5.91 Å². The first-order valence-electron chi connectivity index (χ1n) is 9.85. The third-order valence-corrected chi connectivity index (χ3v) is 4.66. The van der Waals surface area contributed by atoms with Crippen molar-refractivity contribution in [3.05, 3.63) is 0 Å². The number of guanidine groups is 1. The second-order valence-electron chi connectivity index (χ2n) is 7.89. The molecule has 1 unspecified atom stereocenters. The van der Waals surface area contributed by atoms with Crippen LogP contribution >= 0.6 is 24.0 Å². The van der Waals surface area contributed by atoms with Crippen LogP contribution in [0.2, 0.25) is 0 Å². The molecule has 1 aliphatic heterocycles. The van der Waals surface area contributed by atoms with E-state index in [4.69, 9.17) is 14.5 Å². The van der Waals surface area contributed by atoms with Crippen molar-refractivity contribution in [1.29, 1.82) is 0 Å². The highest BCUT2D eigenvalue weighted by Crippen LogP contribution is 2.22. The van der Waals surface area contributed by atoms with Gasteiger partial charge in [-0.2, -0.15) is 0 Å². The van der Waals surface area contributed by atoms with Crippen molar-refractivity contribution in [3.8, 4) is 0 Å². The Bertz CT molecular complexity index is 463. The van der Waals surface area contributed by atoms with Crippen LogP contribution in [0.4, 0.5) is 0 Å². The van der Waals surface area contributed by atoms with Gasteiger partial charge in [0.25, 0.3) is 0 Å². The number of halogens is 1. The fourth-order valence-corrected chi connectivity index (χ4v) is 2.97. The second kappa shape index (κ2) is 14.4. The van der Waals surface area contributed by atoms with Crippen LogP contribution in [-0.2, 0) is 14.3 Å². The van der Waals surface area contributed by atoms with Crippen molar-refractivity contribution in [2.45, 2.75) is 33.8 Å². The zero-order valence-electron chi connectivity index (χ0n) is 18.4. The maximum absolute atomic E-state index is 11.9. The number of hydrogen-bond donors (Lipinski definition) is 2. The number of nitrogens with zero attached hydrogens (tertiary/aromatic N) is 3. The summed E-state index contributed by atoms with van der Waals surface area (Å²) in [5, 5.41) is 6.25. The van der Waals surface area contributed by atoms with Gasteiger partial charge in [0.15, 0.2) is 5.96 Å². The van der Waals surface area contributed by atoms with E-state index in [-0.39, 0.29) is 41.4 Å². The van der Waals surface area contributed by atoms with Crippen LogP contribution in [0.3, 0.4) is 0 Å². The number of aliphatic imine (C=N–C) groups is 1. The number of nitrogens with one attached hydrogen (secondary N) is 2. The Morgan fingerprint density at radius 3 is 2.29 bits per heavy atom. The van der Waals surface area contributed by atoms with E-state index in [0.29, 0.717) is 26.2 Å². The molecule has 0 radical (unpaired) electrons. The Kier molecular flexibility index (Phi) is 14.0. The van der Waals surface area contributed by atoms with Crippen LogP contribution in [-0.4, -0.2) is 101 Å². The molecular weight excluding hydrogens is 473 g/mol. The van der Waals surface area contributed by atoms with Gasteiger partial charge in [0.1, 0.15) is 0 Å². The number of methoxy groups -OCH3 is 2. The van der Waals surface area contributed by atoms with Crippen LogP contribution in [0.1, 0.15) is 27.7 Å². The van der Waals surface area contributed by atoms with Gasteiger partial charge >= 0.3 is 0 Å². The van der Waals surface area contributed by atoms with Crippen LogP contribution in [0.5, 0.6) is 0 Å². The predicted octanol–water partition coefficient (Wildman–Crippen LogP) is 1.01. The summed E-state index contributed by atoms with van der Waals surface area (Å²) in [6.07, 6.45) is 0.0724.